The number of carbonyl (C=O) groups is 2. The fourth-order valence-corrected chi connectivity index (χ4v) is 2.72. The number of halogens is 3. The standard InChI is InChI=1S/C18H14F3NO3/c1-2-9-25-17(24)15-12-7-6-11(16(23)18(19,20)21)10-14(12)22-8-4-3-5-13(15)22/h3-8,10H,2,9H2,1H3. The molecule has 7 heteroatoms. The van der Waals surface area contributed by atoms with Crippen molar-refractivity contribution >= 4 is 28.2 Å². The van der Waals surface area contributed by atoms with E-state index in [1.54, 1.807) is 28.8 Å². The lowest BCUT2D eigenvalue weighted by Crippen LogP contribution is -2.22. The first-order valence-electron chi connectivity index (χ1n) is 7.66. The molecule has 0 spiro atoms. The minimum atomic E-state index is -4.95. The summed E-state index contributed by atoms with van der Waals surface area (Å²) in [5.74, 6) is -2.47. The van der Waals surface area contributed by atoms with E-state index in [4.69, 9.17) is 4.74 Å². The predicted molar refractivity (Wildman–Crippen MR) is 85.9 cm³/mol. The van der Waals surface area contributed by atoms with Crippen molar-refractivity contribution in [1.29, 1.82) is 0 Å². The van der Waals surface area contributed by atoms with Crippen molar-refractivity contribution in [2.45, 2.75) is 19.5 Å². The van der Waals surface area contributed by atoms with Crippen LogP contribution >= 0.6 is 0 Å². The average Bonchev–Trinajstić information content (AvgIpc) is 2.92. The number of fused-ring (bicyclic) bond motifs is 3. The Morgan fingerprint density at radius 1 is 1.12 bits per heavy atom. The highest BCUT2D eigenvalue weighted by molar-refractivity contribution is 6.13. The van der Waals surface area contributed by atoms with Crippen molar-refractivity contribution < 1.29 is 27.5 Å². The Morgan fingerprint density at radius 3 is 2.56 bits per heavy atom. The molecule has 1 aromatic carbocycles. The third-order valence-electron chi connectivity index (χ3n) is 3.80. The molecule has 130 valence electrons. The summed E-state index contributed by atoms with van der Waals surface area (Å²) in [5, 5.41) is 0.436. The molecule has 0 aliphatic rings. The van der Waals surface area contributed by atoms with Gasteiger partial charge >= 0.3 is 12.1 Å². The van der Waals surface area contributed by atoms with Gasteiger partial charge < -0.3 is 9.14 Å². The molecule has 0 aliphatic carbocycles. The first-order chi connectivity index (χ1) is 11.8. The Kier molecular flexibility index (Phi) is 4.24. The number of pyridine rings is 1. The van der Waals surface area contributed by atoms with Gasteiger partial charge in [-0.05, 0) is 24.6 Å². The zero-order chi connectivity index (χ0) is 18.2. The summed E-state index contributed by atoms with van der Waals surface area (Å²) in [7, 11) is 0. The van der Waals surface area contributed by atoms with Crippen LogP contribution in [-0.2, 0) is 4.74 Å². The maximum atomic E-state index is 12.7. The summed E-state index contributed by atoms with van der Waals surface area (Å²) < 4.78 is 44.8. The molecule has 0 bridgehead atoms. The number of ether oxygens (including phenoxy) is 1. The first kappa shape index (κ1) is 17.0. The number of esters is 1. The smallest absolute Gasteiger partial charge is 0.454 e. The van der Waals surface area contributed by atoms with Crippen LogP contribution in [0, 0.1) is 0 Å². The fraction of sp³-hybridized carbons (Fsp3) is 0.222. The molecule has 2 heterocycles. The summed E-state index contributed by atoms with van der Waals surface area (Å²) in [4.78, 5) is 23.9. The number of carbonyl (C=O) groups excluding carboxylic acids is 2. The molecule has 4 nitrogen and oxygen atoms in total. The molecule has 0 N–H and O–H groups in total. The lowest BCUT2D eigenvalue weighted by atomic mass is 10.1. The molecule has 0 aliphatic heterocycles. The second-order valence-electron chi connectivity index (χ2n) is 5.53. The molecule has 0 fully saturated rings. The zero-order valence-corrected chi connectivity index (χ0v) is 13.3. The number of hydrogen-bond acceptors (Lipinski definition) is 3. The molecule has 3 aromatic rings. The zero-order valence-electron chi connectivity index (χ0n) is 13.3. The molecule has 0 saturated heterocycles. The van der Waals surface area contributed by atoms with E-state index in [0.29, 0.717) is 22.8 Å². The lowest BCUT2D eigenvalue weighted by molar-refractivity contribution is -0.0885. The van der Waals surface area contributed by atoms with Crippen LogP contribution < -0.4 is 0 Å². The quantitative estimate of drug-likeness (QED) is 0.518. The molecule has 0 radical (unpaired) electrons. The van der Waals surface area contributed by atoms with E-state index in [-0.39, 0.29) is 12.2 Å². The Morgan fingerprint density at radius 2 is 1.88 bits per heavy atom. The molecule has 3 rings (SSSR count). The molecule has 0 saturated carbocycles. The van der Waals surface area contributed by atoms with Crippen LogP contribution in [0.2, 0.25) is 0 Å². The minimum Gasteiger partial charge on any atom is -0.462 e. The van der Waals surface area contributed by atoms with E-state index in [2.05, 4.69) is 0 Å². The van der Waals surface area contributed by atoms with Crippen molar-refractivity contribution in [3.8, 4) is 0 Å². The highest BCUT2D eigenvalue weighted by atomic mass is 19.4. The molecule has 25 heavy (non-hydrogen) atoms. The Balaban J connectivity index is 2.23. The summed E-state index contributed by atoms with van der Waals surface area (Å²) in [6, 6.07) is 8.65. The third kappa shape index (κ3) is 2.97. The van der Waals surface area contributed by atoms with Gasteiger partial charge in [0.05, 0.1) is 23.2 Å². The van der Waals surface area contributed by atoms with Crippen LogP contribution in [0.3, 0.4) is 0 Å². The number of benzene rings is 1. The maximum absolute atomic E-state index is 12.7. The summed E-state index contributed by atoms with van der Waals surface area (Å²) >= 11 is 0. The lowest BCUT2D eigenvalue weighted by Gasteiger charge is -2.05. The van der Waals surface area contributed by atoms with Gasteiger partial charge in [-0.3, -0.25) is 4.79 Å². The Hall–Kier alpha value is -2.83. The Bertz CT molecular complexity index is 973. The van der Waals surface area contributed by atoms with Crippen LogP contribution in [0.1, 0.15) is 34.1 Å². The Labute approximate surface area is 140 Å². The van der Waals surface area contributed by atoms with Crippen molar-refractivity contribution in [1.82, 2.24) is 4.40 Å². The summed E-state index contributed by atoms with van der Waals surface area (Å²) in [6.45, 7) is 2.10. The molecule has 0 amide bonds. The van der Waals surface area contributed by atoms with Gasteiger partial charge in [0.15, 0.2) is 0 Å². The molecular weight excluding hydrogens is 335 g/mol. The van der Waals surface area contributed by atoms with E-state index in [1.807, 2.05) is 6.92 Å². The first-order valence-corrected chi connectivity index (χ1v) is 7.66. The second-order valence-corrected chi connectivity index (χ2v) is 5.53. The topological polar surface area (TPSA) is 47.8 Å². The fourth-order valence-electron chi connectivity index (χ4n) is 2.72. The maximum Gasteiger partial charge on any atom is 0.454 e. The van der Waals surface area contributed by atoms with Gasteiger partial charge in [-0.1, -0.05) is 25.1 Å². The number of nitrogens with zero attached hydrogens (tertiary/aromatic N) is 1. The van der Waals surface area contributed by atoms with Crippen LogP contribution in [0.4, 0.5) is 13.2 Å². The van der Waals surface area contributed by atoms with Crippen molar-refractivity contribution in [2.24, 2.45) is 0 Å². The number of hydrogen-bond donors (Lipinski definition) is 0. The largest absolute Gasteiger partial charge is 0.462 e. The number of alkyl halides is 3. The van der Waals surface area contributed by atoms with Gasteiger partial charge in [0.25, 0.3) is 5.78 Å². The highest BCUT2D eigenvalue weighted by Gasteiger charge is 2.39. The minimum absolute atomic E-state index is 0.245. The number of rotatable bonds is 4. The van der Waals surface area contributed by atoms with Crippen molar-refractivity contribution in [3.63, 3.8) is 0 Å². The van der Waals surface area contributed by atoms with E-state index < -0.39 is 23.5 Å². The van der Waals surface area contributed by atoms with Gasteiger partial charge in [-0.25, -0.2) is 4.79 Å². The molecular formula is C18H14F3NO3. The number of Topliss-reactive ketones (excluding diaryl/α,β-unsaturated/α-hetero) is 1. The SMILES string of the molecule is CCCOC(=O)c1c2ccc(C(=O)C(F)(F)F)cc2n2ccccc12. The van der Waals surface area contributed by atoms with Gasteiger partial charge in [0, 0.05) is 17.1 Å². The van der Waals surface area contributed by atoms with E-state index in [9.17, 15) is 22.8 Å². The second kappa shape index (κ2) is 6.23. The highest BCUT2D eigenvalue weighted by Crippen LogP contribution is 2.30. The van der Waals surface area contributed by atoms with Gasteiger partial charge in [0.2, 0.25) is 0 Å². The van der Waals surface area contributed by atoms with Gasteiger partial charge in [-0.2, -0.15) is 13.2 Å². The van der Waals surface area contributed by atoms with Crippen LogP contribution in [0.5, 0.6) is 0 Å². The normalized spacial score (nSPS) is 11.8. The van der Waals surface area contributed by atoms with Crippen LogP contribution in [-0.4, -0.2) is 28.9 Å². The summed E-state index contributed by atoms with van der Waals surface area (Å²) in [6.07, 6.45) is -2.68. The van der Waals surface area contributed by atoms with E-state index in [0.717, 1.165) is 12.1 Å². The van der Waals surface area contributed by atoms with E-state index in [1.165, 1.54) is 6.07 Å². The van der Waals surface area contributed by atoms with Crippen LogP contribution in [0.15, 0.2) is 42.6 Å². The van der Waals surface area contributed by atoms with E-state index >= 15 is 0 Å². The predicted octanol–water partition coefficient (Wildman–Crippen LogP) is 4.40. The molecule has 0 atom stereocenters. The monoisotopic (exact) mass is 349 g/mol. The number of aromatic nitrogens is 1. The van der Waals surface area contributed by atoms with Gasteiger partial charge in [0.1, 0.15) is 0 Å². The average molecular weight is 349 g/mol. The van der Waals surface area contributed by atoms with Gasteiger partial charge in [-0.15, -0.1) is 0 Å². The van der Waals surface area contributed by atoms with Crippen LogP contribution in [0.25, 0.3) is 16.4 Å². The third-order valence-corrected chi connectivity index (χ3v) is 3.80. The number of ketones is 1. The summed E-state index contributed by atoms with van der Waals surface area (Å²) in [5.41, 5.74) is 0.649. The van der Waals surface area contributed by atoms with Crippen molar-refractivity contribution in [2.75, 3.05) is 6.61 Å². The molecule has 0 unspecified atom stereocenters. The van der Waals surface area contributed by atoms with Crippen molar-refractivity contribution in [3.05, 3.63) is 53.7 Å². The molecule has 2 aromatic heterocycles.